The number of hydrogen-bond donors (Lipinski definition) is 2. The number of aromatic nitrogens is 2. The molecule has 2 aliphatic heterocycles. The van der Waals surface area contributed by atoms with Gasteiger partial charge in [0.2, 0.25) is 13.3 Å². The number of ketones is 1. The fourth-order valence-electron chi connectivity index (χ4n) is 9.49. The number of carbonyl (C=O) groups is 3. The Kier molecular flexibility index (Phi) is 15.0. The van der Waals surface area contributed by atoms with E-state index in [0.717, 1.165) is 30.8 Å². The number of amides is 1. The summed E-state index contributed by atoms with van der Waals surface area (Å²) in [5.74, 6) is -1.86. The van der Waals surface area contributed by atoms with E-state index >= 15 is 9.18 Å². The molecule has 3 fully saturated rings. The van der Waals surface area contributed by atoms with Crippen LogP contribution in [0.15, 0.2) is 41.8 Å². The Morgan fingerprint density at radius 3 is 2.52 bits per heavy atom. The molecule has 0 spiro atoms. The molecule has 2 aromatic heterocycles. The summed E-state index contributed by atoms with van der Waals surface area (Å²) in [6.07, 6.45) is 4.26. The number of anilines is 1. The van der Waals surface area contributed by atoms with E-state index in [9.17, 15) is 19.0 Å². The Balaban J connectivity index is 1.25. The Labute approximate surface area is 390 Å². The first-order valence-corrected chi connectivity index (χ1v) is 26.0. The lowest BCUT2D eigenvalue weighted by atomic mass is 9.94. The minimum atomic E-state index is -4.20. The molecule has 12 nitrogen and oxygen atoms in total. The van der Waals surface area contributed by atoms with Gasteiger partial charge in [0.15, 0.2) is 10.9 Å². The summed E-state index contributed by atoms with van der Waals surface area (Å²) in [4.78, 5) is 66.7. The summed E-state index contributed by atoms with van der Waals surface area (Å²) < 4.78 is 48.1. The van der Waals surface area contributed by atoms with E-state index in [1.807, 2.05) is 40.0 Å². The van der Waals surface area contributed by atoms with Crippen LogP contribution in [0.25, 0.3) is 22.3 Å². The standard InChI is InChI=1S/C49H63ClFN4O8PS/c1-29(2)52-47-54-38(27-65-47)37-22-42(34-18-19-41(61-7)44(50)45(34)53-37)63-33-21-39-40(56)24-49(64(59,60)26-35-30(3)14-13-17-36(35)51)23-32(49)16-12-10-8-9-11-15-31(46(58)55(39)25-33)20-43(57)62-28-48(4,5)6/h13-14,17-19,22,27,29,31-33,39H,8-12,15-16,20-21,23-26,28H2,1-7H3,(H,52,54)(H,59,60)/t31-,32+,33-,39+,49-/m1/s1. The first-order chi connectivity index (χ1) is 30.8. The number of thiazole rings is 1. The number of Topliss-reactive ketones (excluding diaryl/α,β-unsaturated/α-hetero) is 1. The van der Waals surface area contributed by atoms with Gasteiger partial charge < -0.3 is 29.3 Å². The topological polar surface area (TPSA) is 157 Å². The number of esters is 1. The fourth-order valence-corrected chi connectivity index (χ4v) is 13.4. The number of pyridine rings is 1. The zero-order valence-electron chi connectivity index (χ0n) is 38.6. The van der Waals surface area contributed by atoms with E-state index in [2.05, 4.69) is 5.32 Å². The fraction of sp³-hybridized carbons (Fsp3) is 0.571. The average Bonchev–Trinajstić information content (AvgIpc) is 3.51. The third-order valence-corrected chi connectivity index (χ3v) is 17.1. The minimum absolute atomic E-state index is 0.0204. The predicted molar refractivity (Wildman–Crippen MR) is 254 cm³/mol. The molecule has 1 amide bonds. The molecule has 1 unspecified atom stereocenters. The molecule has 65 heavy (non-hydrogen) atoms. The molecule has 7 rings (SSSR count). The summed E-state index contributed by atoms with van der Waals surface area (Å²) >= 11 is 8.34. The molecule has 4 aromatic rings. The summed E-state index contributed by atoms with van der Waals surface area (Å²) in [7, 11) is -2.68. The Hall–Kier alpha value is -4.10. The molecule has 0 bridgehead atoms. The minimum Gasteiger partial charge on any atom is -0.495 e. The van der Waals surface area contributed by atoms with Gasteiger partial charge in [-0.25, -0.2) is 14.4 Å². The number of methoxy groups -OCH3 is 1. The van der Waals surface area contributed by atoms with Crippen LogP contribution >= 0.6 is 30.3 Å². The number of ether oxygens (including phenoxy) is 3. The second kappa shape index (κ2) is 20.0. The van der Waals surface area contributed by atoms with E-state index in [0.29, 0.717) is 65.0 Å². The molecule has 0 radical (unpaired) electrons. The average molecular weight is 954 g/mol. The van der Waals surface area contributed by atoms with Crippen LogP contribution in [0.3, 0.4) is 0 Å². The van der Waals surface area contributed by atoms with Crippen LogP contribution in [0.4, 0.5) is 9.52 Å². The van der Waals surface area contributed by atoms with Crippen molar-refractivity contribution >= 4 is 64.0 Å². The molecule has 352 valence electrons. The SMILES string of the molecule is COc1ccc2c(O[C@@H]3C[C@H]4C(=O)C[C@]5(P(=O)(O)Cc6c(C)cccc6F)C[C@@H]5CCCCCCC[C@H](CC(=O)OCC(C)(C)C)C(=O)N4C3)cc(-c3csc(NC(C)C)n3)nc2c1Cl. The second-order valence-corrected chi connectivity index (χ2v) is 23.7. The number of benzene rings is 2. The zero-order valence-corrected chi connectivity index (χ0v) is 41.1. The van der Waals surface area contributed by atoms with Crippen LogP contribution in [-0.4, -0.2) is 81.0 Å². The summed E-state index contributed by atoms with van der Waals surface area (Å²) in [5, 5.41) is 5.54. The molecule has 1 aliphatic carbocycles. The van der Waals surface area contributed by atoms with Gasteiger partial charge in [0.25, 0.3) is 0 Å². The van der Waals surface area contributed by atoms with Crippen LogP contribution < -0.4 is 14.8 Å². The maximum absolute atomic E-state index is 15.2. The molecule has 2 aromatic carbocycles. The van der Waals surface area contributed by atoms with Gasteiger partial charge in [0.1, 0.15) is 34.1 Å². The largest absolute Gasteiger partial charge is 0.495 e. The van der Waals surface area contributed by atoms with Crippen molar-refractivity contribution in [2.24, 2.45) is 17.3 Å². The summed E-state index contributed by atoms with van der Waals surface area (Å²) in [6.45, 7) is 11.9. The van der Waals surface area contributed by atoms with Gasteiger partial charge in [-0.05, 0) is 75.1 Å². The van der Waals surface area contributed by atoms with Crippen molar-refractivity contribution in [1.82, 2.24) is 14.9 Å². The monoisotopic (exact) mass is 952 g/mol. The lowest BCUT2D eigenvalue weighted by molar-refractivity contribution is -0.152. The number of halogens is 2. The van der Waals surface area contributed by atoms with Gasteiger partial charge in [0.05, 0.1) is 55.3 Å². The molecular weight excluding hydrogens is 890 g/mol. The number of rotatable bonds is 12. The highest BCUT2D eigenvalue weighted by molar-refractivity contribution is 7.59. The Morgan fingerprint density at radius 1 is 1.08 bits per heavy atom. The number of carbonyl (C=O) groups excluding carboxylic acids is 3. The smallest absolute Gasteiger partial charge is 0.306 e. The number of hydrogen-bond acceptors (Lipinski definition) is 11. The lowest BCUT2D eigenvalue weighted by Crippen LogP contribution is -2.45. The lowest BCUT2D eigenvalue weighted by Gasteiger charge is -2.30. The molecular formula is C49H63ClFN4O8PS. The van der Waals surface area contributed by atoms with Gasteiger partial charge in [-0.3, -0.25) is 18.9 Å². The second-order valence-electron chi connectivity index (χ2n) is 19.8. The van der Waals surface area contributed by atoms with E-state index in [1.165, 1.54) is 29.4 Å². The molecule has 16 heteroatoms. The van der Waals surface area contributed by atoms with Gasteiger partial charge >= 0.3 is 5.97 Å². The molecule has 6 atom stereocenters. The number of nitrogens with one attached hydrogen (secondary N) is 1. The highest BCUT2D eigenvalue weighted by Gasteiger charge is 2.65. The zero-order chi connectivity index (χ0) is 46.8. The van der Waals surface area contributed by atoms with Crippen molar-refractivity contribution in [3.63, 3.8) is 0 Å². The van der Waals surface area contributed by atoms with Crippen LogP contribution in [0.5, 0.6) is 11.5 Å². The molecule has 2 saturated heterocycles. The van der Waals surface area contributed by atoms with Crippen molar-refractivity contribution in [2.75, 3.05) is 25.6 Å². The Morgan fingerprint density at radius 2 is 1.82 bits per heavy atom. The maximum atomic E-state index is 15.2. The predicted octanol–water partition coefficient (Wildman–Crippen LogP) is 11.2. The van der Waals surface area contributed by atoms with E-state index in [1.54, 1.807) is 37.3 Å². The summed E-state index contributed by atoms with van der Waals surface area (Å²) in [5.41, 5.74) is 1.99. The maximum Gasteiger partial charge on any atom is 0.306 e. The van der Waals surface area contributed by atoms with Crippen molar-refractivity contribution in [3.8, 4) is 22.9 Å². The van der Waals surface area contributed by atoms with Gasteiger partial charge in [-0.15, -0.1) is 11.3 Å². The van der Waals surface area contributed by atoms with E-state index < -0.39 is 42.4 Å². The quantitative estimate of drug-likeness (QED) is 0.103. The molecule has 4 heterocycles. The highest BCUT2D eigenvalue weighted by atomic mass is 35.5. The number of aryl methyl sites for hydroxylation is 1. The van der Waals surface area contributed by atoms with Crippen molar-refractivity contribution in [2.45, 2.75) is 142 Å². The van der Waals surface area contributed by atoms with Gasteiger partial charge in [-0.1, -0.05) is 76.6 Å². The first kappa shape index (κ1) is 48.8. The third kappa shape index (κ3) is 11.2. The van der Waals surface area contributed by atoms with Gasteiger partial charge in [0, 0.05) is 47.2 Å². The first-order valence-electron chi connectivity index (χ1n) is 22.9. The Bertz CT molecular complexity index is 2440. The van der Waals surface area contributed by atoms with Crippen molar-refractivity contribution in [1.29, 1.82) is 0 Å². The number of fused-ring (bicyclic) bond motifs is 3. The van der Waals surface area contributed by atoms with Gasteiger partial charge in [-0.2, -0.15) is 0 Å². The van der Waals surface area contributed by atoms with Crippen LogP contribution in [-0.2, 0) is 29.8 Å². The summed E-state index contributed by atoms with van der Waals surface area (Å²) in [6, 6.07) is 9.04. The molecule has 3 aliphatic rings. The van der Waals surface area contributed by atoms with Crippen LogP contribution in [0.1, 0.15) is 116 Å². The normalized spacial score (nSPS) is 24.1. The molecule has 2 N–H and O–H groups in total. The van der Waals surface area contributed by atoms with Crippen LogP contribution in [0, 0.1) is 30.0 Å². The number of nitrogens with zero attached hydrogens (tertiary/aromatic N) is 3. The van der Waals surface area contributed by atoms with Crippen molar-refractivity contribution in [3.05, 3.63) is 63.7 Å². The highest BCUT2D eigenvalue weighted by Crippen LogP contribution is 2.75. The van der Waals surface area contributed by atoms with E-state index in [4.69, 9.17) is 35.8 Å². The molecule has 1 saturated carbocycles. The van der Waals surface area contributed by atoms with Crippen LogP contribution in [0.2, 0.25) is 5.02 Å². The third-order valence-electron chi connectivity index (χ3n) is 13.1. The van der Waals surface area contributed by atoms with Crippen molar-refractivity contribution < 1.29 is 42.4 Å². The van der Waals surface area contributed by atoms with E-state index in [-0.39, 0.29) is 78.2 Å².